The molecule has 0 saturated carbocycles. The molecule has 0 bridgehead atoms. The van der Waals surface area contributed by atoms with E-state index in [1.54, 1.807) is 12.1 Å². The second-order valence-corrected chi connectivity index (χ2v) is 6.77. The summed E-state index contributed by atoms with van der Waals surface area (Å²) in [5.41, 5.74) is 5.67. The van der Waals surface area contributed by atoms with Gasteiger partial charge in [0.1, 0.15) is 9.84 Å². The van der Waals surface area contributed by atoms with Crippen LogP contribution in [0.2, 0.25) is 4.34 Å². The first kappa shape index (κ1) is 11.0. The molecule has 6 heteroatoms. The van der Waals surface area contributed by atoms with Crippen LogP contribution in [0.5, 0.6) is 0 Å². The summed E-state index contributed by atoms with van der Waals surface area (Å²) in [6.45, 7) is 0. The lowest BCUT2D eigenvalue weighted by Gasteiger charge is -2.06. The molecule has 0 fully saturated rings. The minimum absolute atomic E-state index is 0.0379. The van der Waals surface area contributed by atoms with E-state index in [1.165, 1.54) is 17.6 Å². The summed E-state index contributed by atoms with van der Waals surface area (Å²) < 4.78 is 22.5. The van der Waals surface area contributed by atoms with Crippen molar-refractivity contribution >= 4 is 32.8 Å². The number of halogens is 1. The van der Waals surface area contributed by atoms with Crippen molar-refractivity contribution in [3.05, 3.63) is 21.3 Å². The Labute approximate surface area is 86.4 Å². The van der Waals surface area contributed by atoms with Crippen molar-refractivity contribution in [1.29, 1.82) is 0 Å². The largest absolute Gasteiger partial charge is 0.322 e. The summed E-state index contributed by atoms with van der Waals surface area (Å²) >= 11 is 7.00. The number of hydrogen-bond acceptors (Lipinski definition) is 4. The van der Waals surface area contributed by atoms with Crippen LogP contribution < -0.4 is 5.73 Å². The molecule has 0 amide bonds. The molecule has 1 aromatic heterocycles. The first-order chi connectivity index (χ1) is 5.88. The van der Waals surface area contributed by atoms with Gasteiger partial charge in [-0.1, -0.05) is 11.6 Å². The van der Waals surface area contributed by atoms with Crippen molar-refractivity contribution < 1.29 is 8.42 Å². The van der Waals surface area contributed by atoms with Crippen molar-refractivity contribution in [2.24, 2.45) is 5.73 Å². The van der Waals surface area contributed by atoms with Crippen molar-refractivity contribution in [3.63, 3.8) is 0 Å². The molecule has 0 unspecified atom stereocenters. The molecule has 13 heavy (non-hydrogen) atoms. The van der Waals surface area contributed by atoms with Crippen LogP contribution in [0.25, 0.3) is 0 Å². The van der Waals surface area contributed by atoms with Gasteiger partial charge < -0.3 is 5.73 Å². The fraction of sp³-hybridized carbons (Fsp3) is 0.429. The van der Waals surface area contributed by atoms with E-state index in [9.17, 15) is 8.42 Å². The average Bonchev–Trinajstić information content (AvgIpc) is 2.31. The Kier molecular flexibility index (Phi) is 3.34. The van der Waals surface area contributed by atoms with Crippen LogP contribution in [0, 0.1) is 0 Å². The molecular formula is C7H10ClNO2S2. The highest BCUT2D eigenvalue weighted by Crippen LogP contribution is 2.26. The first-order valence-electron chi connectivity index (χ1n) is 3.57. The maximum Gasteiger partial charge on any atom is 0.149 e. The van der Waals surface area contributed by atoms with Crippen molar-refractivity contribution in [2.45, 2.75) is 6.04 Å². The second-order valence-electron chi connectivity index (χ2n) is 2.84. The van der Waals surface area contributed by atoms with Gasteiger partial charge in [-0.15, -0.1) is 11.3 Å². The summed E-state index contributed by atoms with van der Waals surface area (Å²) in [6, 6.07) is 3.00. The van der Waals surface area contributed by atoms with Crippen LogP contribution in [0.3, 0.4) is 0 Å². The smallest absolute Gasteiger partial charge is 0.149 e. The van der Waals surface area contributed by atoms with E-state index in [1.807, 2.05) is 0 Å². The zero-order valence-corrected chi connectivity index (χ0v) is 9.42. The lowest BCUT2D eigenvalue weighted by molar-refractivity contribution is 0.595. The molecule has 0 aliphatic heterocycles. The van der Waals surface area contributed by atoms with Crippen LogP contribution in [0.4, 0.5) is 0 Å². The Balaban J connectivity index is 2.75. The van der Waals surface area contributed by atoms with Gasteiger partial charge >= 0.3 is 0 Å². The van der Waals surface area contributed by atoms with E-state index < -0.39 is 15.9 Å². The summed E-state index contributed by atoms with van der Waals surface area (Å²) in [5.74, 6) is -0.0379. The number of thiophene rings is 1. The third kappa shape index (κ3) is 3.64. The molecule has 0 saturated heterocycles. The third-order valence-corrected chi connectivity index (χ3v) is 3.77. The maximum atomic E-state index is 10.9. The zero-order chi connectivity index (χ0) is 10.1. The highest BCUT2D eigenvalue weighted by Gasteiger charge is 2.14. The summed E-state index contributed by atoms with van der Waals surface area (Å²) in [5, 5.41) is 0. The van der Waals surface area contributed by atoms with Gasteiger partial charge in [0.05, 0.1) is 16.1 Å². The number of sulfone groups is 1. The maximum absolute atomic E-state index is 10.9. The summed E-state index contributed by atoms with van der Waals surface area (Å²) in [4.78, 5) is 0.801. The van der Waals surface area contributed by atoms with Crippen LogP contribution in [-0.4, -0.2) is 20.4 Å². The van der Waals surface area contributed by atoms with Gasteiger partial charge in [-0.05, 0) is 12.1 Å². The fourth-order valence-corrected chi connectivity index (χ4v) is 2.94. The SMILES string of the molecule is CS(=O)(=O)C[C@@H](N)c1ccc(Cl)s1. The van der Waals surface area contributed by atoms with E-state index in [0.29, 0.717) is 4.34 Å². The molecule has 2 N–H and O–H groups in total. The van der Waals surface area contributed by atoms with Crippen LogP contribution in [0.1, 0.15) is 10.9 Å². The molecular weight excluding hydrogens is 230 g/mol. The van der Waals surface area contributed by atoms with Gasteiger partial charge in [-0.3, -0.25) is 0 Å². The number of hydrogen-bond donors (Lipinski definition) is 1. The van der Waals surface area contributed by atoms with Crippen molar-refractivity contribution in [3.8, 4) is 0 Å². The zero-order valence-electron chi connectivity index (χ0n) is 7.03. The topological polar surface area (TPSA) is 60.2 Å². The molecule has 1 rings (SSSR count). The minimum Gasteiger partial charge on any atom is -0.322 e. The van der Waals surface area contributed by atoms with Gasteiger partial charge in [0, 0.05) is 11.1 Å². The predicted octanol–water partition coefficient (Wildman–Crippen LogP) is 1.45. The van der Waals surface area contributed by atoms with E-state index >= 15 is 0 Å². The Hall–Kier alpha value is -0.100. The van der Waals surface area contributed by atoms with Gasteiger partial charge in [-0.25, -0.2) is 8.42 Å². The van der Waals surface area contributed by atoms with Gasteiger partial charge in [-0.2, -0.15) is 0 Å². The number of nitrogens with two attached hydrogens (primary N) is 1. The monoisotopic (exact) mass is 239 g/mol. The molecule has 0 aromatic carbocycles. The van der Waals surface area contributed by atoms with E-state index in [4.69, 9.17) is 17.3 Å². The molecule has 1 aromatic rings. The van der Waals surface area contributed by atoms with Crippen LogP contribution in [-0.2, 0) is 9.84 Å². The highest BCUT2D eigenvalue weighted by molar-refractivity contribution is 7.90. The molecule has 0 radical (unpaired) electrons. The van der Waals surface area contributed by atoms with Gasteiger partial charge in [0.15, 0.2) is 0 Å². The third-order valence-electron chi connectivity index (χ3n) is 1.44. The molecule has 1 heterocycles. The van der Waals surface area contributed by atoms with Gasteiger partial charge in [0.25, 0.3) is 0 Å². The molecule has 0 spiro atoms. The Bertz CT molecular complexity index is 385. The van der Waals surface area contributed by atoms with Crippen LogP contribution in [0.15, 0.2) is 12.1 Å². The molecule has 0 aliphatic carbocycles. The quantitative estimate of drug-likeness (QED) is 0.869. The summed E-state index contributed by atoms with van der Waals surface area (Å²) in [7, 11) is -3.02. The molecule has 3 nitrogen and oxygen atoms in total. The first-order valence-corrected chi connectivity index (χ1v) is 6.82. The van der Waals surface area contributed by atoms with Crippen LogP contribution >= 0.6 is 22.9 Å². The lowest BCUT2D eigenvalue weighted by Crippen LogP contribution is -2.19. The molecule has 74 valence electrons. The van der Waals surface area contributed by atoms with E-state index in [2.05, 4.69) is 0 Å². The minimum atomic E-state index is -3.02. The molecule has 0 aliphatic rings. The normalized spacial score (nSPS) is 14.4. The van der Waals surface area contributed by atoms with E-state index in [0.717, 1.165) is 4.88 Å². The molecule has 1 atom stereocenters. The Morgan fingerprint density at radius 2 is 2.23 bits per heavy atom. The number of rotatable bonds is 3. The predicted molar refractivity (Wildman–Crippen MR) is 56.0 cm³/mol. The second kappa shape index (κ2) is 3.96. The average molecular weight is 240 g/mol. The lowest BCUT2D eigenvalue weighted by atomic mass is 10.3. The Morgan fingerprint density at radius 3 is 2.62 bits per heavy atom. The Morgan fingerprint density at radius 1 is 1.62 bits per heavy atom. The summed E-state index contributed by atoms with van der Waals surface area (Å²) in [6.07, 6.45) is 1.17. The highest BCUT2D eigenvalue weighted by atomic mass is 35.5. The standard InChI is InChI=1S/C7H10ClNO2S2/c1-13(10,11)4-5(9)6-2-3-7(8)12-6/h2-3,5H,4,9H2,1H3/t5-/m1/s1. The van der Waals surface area contributed by atoms with Crippen molar-refractivity contribution in [2.75, 3.05) is 12.0 Å². The fourth-order valence-electron chi connectivity index (χ4n) is 0.936. The van der Waals surface area contributed by atoms with E-state index in [-0.39, 0.29) is 5.75 Å². The van der Waals surface area contributed by atoms with Crippen molar-refractivity contribution in [1.82, 2.24) is 0 Å². The van der Waals surface area contributed by atoms with Gasteiger partial charge in [0.2, 0.25) is 0 Å².